The van der Waals surface area contributed by atoms with Gasteiger partial charge in [0.25, 0.3) is 0 Å². The van der Waals surface area contributed by atoms with Crippen LogP contribution in [0.1, 0.15) is 85.0 Å². The van der Waals surface area contributed by atoms with E-state index in [0.717, 1.165) is 55.0 Å². The van der Waals surface area contributed by atoms with E-state index in [4.69, 9.17) is 4.74 Å². The van der Waals surface area contributed by atoms with E-state index in [1.807, 2.05) is 6.92 Å². The van der Waals surface area contributed by atoms with Gasteiger partial charge in [-0.1, -0.05) is 20.3 Å². The fourth-order valence-electron chi connectivity index (χ4n) is 8.17. The van der Waals surface area contributed by atoms with Crippen LogP contribution in [-0.2, 0) is 4.74 Å². The van der Waals surface area contributed by atoms with Crippen molar-refractivity contribution in [3.63, 3.8) is 0 Å². The maximum absolute atomic E-state index is 11.0. The lowest BCUT2D eigenvalue weighted by molar-refractivity contribution is -0.128. The number of ether oxygens (including phenoxy) is 1. The molecule has 0 unspecified atom stereocenters. The largest absolute Gasteiger partial charge is 0.387 e. The zero-order valence-corrected chi connectivity index (χ0v) is 16.8. The van der Waals surface area contributed by atoms with Gasteiger partial charge < -0.3 is 9.84 Å². The lowest BCUT2D eigenvalue weighted by atomic mass is 9.49. The molecule has 8 atom stereocenters. The van der Waals surface area contributed by atoms with Crippen LogP contribution in [-0.4, -0.2) is 23.9 Å². The zero-order chi connectivity index (χ0) is 17.7. The minimum Gasteiger partial charge on any atom is -0.387 e. The van der Waals surface area contributed by atoms with Crippen LogP contribution in [0.4, 0.5) is 0 Å². The smallest absolute Gasteiger partial charge is 0.0883 e. The lowest BCUT2D eigenvalue weighted by Crippen LogP contribution is -2.51. The summed E-state index contributed by atoms with van der Waals surface area (Å²) in [5.41, 5.74) is 0.112. The molecular weight excluding hydrogens is 308 g/mol. The van der Waals surface area contributed by atoms with Crippen molar-refractivity contribution in [3.8, 4) is 0 Å². The van der Waals surface area contributed by atoms with Gasteiger partial charge in [0.1, 0.15) is 0 Å². The third kappa shape index (κ3) is 3.00. The summed E-state index contributed by atoms with van der Waals surface area (Å²) in [7, 11) is 0. The first kappa shape index (κ1) is 18.3. The van der Waals surface area contributed by atoms with Gasteiger partial charge in [-0.15, -0.1) is 0 Å². The first-order valence-corrected chi connectivity index (χ1v) is 11.3. The predicted octanol–water partition coefficient (Wildman–Crippen LogP) is 5.43. The molecule has 4 aliphatic carbocycles. The molecule has 0 radical (unpaired) electrons. The van der Waals surface area contributed by atoms with Gasteiger partial charge >= 0.3 is 0 Å². The van der Waals surface area contributed by atoms with Gasteiger partial charge in [-0.25, -0.2) is 0 Å². The first-order chi connectivity index (χ1) is 12.0. The molecule has 0 aromatic rings. The van der Waals surface area contributed by atoms with Crippen LogP contribution in [0.25, 0.3) is 0 Å². The normalized spacial score (nSPS) is 52.3. The van der Waals surface area contributed by atoms with E-state index in [1.165, 1.54) is 51.4 Å². The second kappa shape index (κ2) is 6.82. The Labute approximate surface area is 155 Å². The molecule has 4 aliphatic rings. The van der Waals surface area contributed by atoms with Crippen molar-refractivity contribution in [2.75, 3.05) is 13.2 Å². The van der Waals surface area contributed by atoms with Gasteiger partial charge in [0.15, 0.2) is 0 Å². The number of hydrogen-bond donors (Lipinski definition) is 1. The van der Waals surface area contributed by atoms with Gasteiger partial charge in [-0.05, 0) is 106 Å². The van der Waals surface area contributed by atoms with E-state index in [2.05, 4.69) is 13.8 Å². The predicted molar refractivity (Wildman–Crippen MR) is 102 cm³/mol. The Morgan fingerprint density at radius 1 is 0.920 bits per heavy atom. The van der Waals surface area contributed by atoms with E-state index in [0.29, 0.717) is 12.0 Å². The van der Waals surface area contributed by atoms with Crippen molar-refractivity contribution in [2.45, 2.75) is 90.6 Å². The summed E-state index contributed by atoms with van der Waals surface area (Å²) in [6.07, 6.45) is 13.3. The Kier molecular flexibility index (Phi) is 4.99. The molecule has 4 fully saturated rings. The summed E-state index contributed by atoms with van der Waals surface area (Å²) < 4.78 is 5.61. The number of aliphatic hydroxyl groups is 1. The van der Waals surface area contributed by atoms with Gasteiger partial charge in [0.05, 0.1) is 12.2 Å². The molecule has 4 rings (SSSR count). The molecule has 0 aromatic heterocycles. The number of rotatable bonds is 4. The SMILES string of the molecule is CCOC[C@@]1(O)CC[C@H]2[C@H](CC[C@@H]3[C@@H]2CC[C@]2(C)[C@@H](CC)CC[C@@H]32)C1. The Bertz CT molecular complexity index is 477. The molecule has 0 aliphatic heterocycles. The van der Waals surface area contributed by atoms with Crippen molar-refractivity contribution in [2.24, 2.45) is 40.9 Å². The highest BCUT2D eigenvalue weighted by Gasteiger charge is 2.57. The van der Waals surface area contributed by atoms with Crippen LogP contribution in [0.2, 0.25) is 0 Å². The van der Waals surface area contributed by atoms with Crippen molar-refractivity contribution >= 4 is 0 Å². The second-order valence-corrected chi connectivity index (χ2v) is 10.3. The summed E-state index contributed by atoms with van der Waals surface area (Å²) in [4.78, 5) is 0. The van der Waals surface area contributed by atoms with Crippen molar-refractivity contribution in [1.82, 2.24) is 0 Å². The summed E-state index contributed by atoms with van der Waals surface area (Å²) in [5, 5.41) is 11.0. The number of hydrogen-bond acceptors (Lipinski definition) is 2. The molecule has 0 heterocycles. The number of fused-ring (bicyclic) bond motifs is 5. The average molecular weight is 349 g/mol. The third-order valence-electron chi connectivity index (χ3n) is 9.37. The van der Waals surface area contributed by atoms with Crippen molar-refractivity contribution in [1.29, 1.82) is 0 Å². The average Bonchev–Trinajstić information content (AvgIpc) is 2.96. The minimum atomic E-state index is -0.534. The summed E-state index contributed by atoms with van der Waals surface area (Å²) >= 11 is 0. The Morgan fingerprint density at radius 3 is 2.48 bits per heavy atom. The summed E-state index contributed by atoms with van der Waals surface area (Å²) in [6, 6.07) is 0. The Hall–Kier alpha value is -0.0800. The first-order valence-electron chi connectivity index (χ1n) is 11.3. The maximum atomic E-state index is 11.0. The molecule has 0 aromatic carbocycles. The fraction of sp³-hybridized carbons (Fsp3) is 1.00. The van der Waals surface area contributed by atoms with Crippen LogP contribution in [0.5, 0.6) is 0 Å². The van der Waals surface area contributed by atoms with Crippen LogP contribution in [0.15, 0.2) is 0 Å². The molecule has 25 heavy (non-hydrogen) atoms. The molecular formula is C23H40O2. The molecule has 2 nitrogen and oxygen atoms in total. The molecule has 0 spiro atoms. The minimum absolute atomic E-state index is 0.534. The van der Waals surface area contributed by atoms with Gasteiger partial charge in [0.2, 0.25) is 0 Å². The molecule has 0 amide bonds. The highest BCUT2D eigenvalue weighted by atomic mass is 16.5. The van der Waals surface area contributed by atoms with Crippen molar-refractivity contribution < 1.29 is 9.84 Å². The molecule has 144 valence electrons. The topological polar surface area (TPSA) is 29.5 Å². The zero-order valence-electron chi connectivity index (χ0n) is 16.8. The quantitative estimate of drug-likeness (QED) is 0.734. The Balaban J connectivity index is 1.46. The van der Waals surface area contributed by atoms with E-state index < -0.39 is 5.60 Å². The fourth-order valence-corrected chi connectivity index (χ4v) is 8.17. The lowest BCUT2D eigenvalue weighted by Gasteiger charge is -2.57. The van der Waals surface area contributed by atoms with Crippen LogP contribution in [0, 0.1) is 40.9 Å². The van der Waals surface area contributed by atoms with Crippen LogP contribution >= 0.6 is 0 Å². The maximum Gasteiger partial charge on any atom is 0.0883 e. The molecule has 1 N–H and O–H groups in total. The monoisotopic (exact) mass is 348 g/mol. The van der Waals surface area contributed by atoms with Gasteiger partial charge in [0, 0.05) is 6.61 Å². The highest BCUT2D eigenvalue weighted by molar-refractivity contribution is 5.06. The van der Waals surface area contributed by atoms with Gasteiger partial charge in [-0.2, -0.15) is 0 Å². The van der Waals surface area contributed by atoms with Crippen LogP contribution in [0.3, 0.4) is 0 Å². The summed E-state index contributed by atoms with van der Waals surface area (Å²) in [6.45, 7) is 8.37. The van der Waals surface area contributed by atoms with E-state index in [1.54, 1.807) is 0 Å². The standard InChI is InChI=1S/C23H40O2/c1-4-17-7-9-21-20-8-6-16-14-23(24,15-25-5-2)13-11-18(16)19(20)10-12-22(17,21)3/h16-21,24H,4-15H2,1-3H3/t16-,17+,18+,19-,20-,21+,22-,23-/m1/s1. The van der Waals surface area contributed by atoms with Crippen LogP contribution < -0.4 is 0 Å². The molecule has 0 saturated heterocycles. The molecule has 0 bridgehead atoms. The molecule has 2 heteroatoms. The van der Waals surface area contributed by atoms with E-state index in [-0.39, 0.29) is 0 Å². The van der Waals surface area contributed by atoms with E-state index >= 15 is 0 Å². The second-order valence-electron chi connectivity index (χ2n) is 10.3. The molecule has 4 saturated carbocycles. The highest BCUT2D eigenvalue weighted by Crippen LogP contribution is 2.65. The van der Waals surface area contributed by atoms with Crippen molar-refractivity contribution in [3.05, 3.63) is 0 Å². The van der Waals surface area contributed by atoms with E-state index in [9.17, 15) is 5.11 Å². The van der Waals surface area contributed by atoms with Gasteiger partial charge in [-0.3, -0.25) is 0 Å². The summed E-state index contributed by atoms with van der Waals surface area (Å²) in [5.74, 6) is 5.60. The Morgan fingerprint density at radius 2 is 1.72 bits per heavy atom. The third-order valence-corrected chi connectivity index (χ3v) is 9.37.